The summed E-state index contributed by atoms with van der Waals surface area (Å²) in [7, 11) is 0. The number of aryl methyl sites for hydroxylation is 1. The van der Waals surface area contributed by atoms with Crippen LogP contribution in [0.3, 0.4) is 0 Å². The molecule has 0 amide bonds. The molecule has 0 radical (unpaired) electrons. The van der Waals surface area contributed by atoms with E-state index in [4.69, 9.17) is 0 Å². The van der Waals surface area contributed by atoms with Crippen molar-refractivity contribution in [3.8, 4) is 0 Å². The minimum atomic E-state index is 0.0300. The van der Waals surface area contributed by atoms with Crippen LogP contribution >= 0.6 is 11.8 Å². The molecule has 0 atom stereocenters. The van der Waals surface area contributed by atoms with Gasteiger partial charge in [0.2, 0.25) is 5.78 Å². The Morgan fingerprint density at radius 1 is 1.28 bits per heavy atom. The Hall–Kier alpha value is -1.55. The van der Waals surface area contributed by atoms with Gasteiger partial charge in [-0.15, -0.1) is 11.8 Å². The van der Waals surface area contributed by atoms with E-state index in [9.17, 15) is 4.79 Å². The number of nitrogens with zero attached hydrogens (tertiary/aromatic N) is 2. The summed E-state index contributed by atoms with van der Waals surface area (Å²) in [6, 6.07) is 7.75. The summed E-state index contributed by atoms with van der Waals surface area (Å²) in [5.74, 6) is 1.07. The predicted octanol–water partition coefficient (Wildman–Crippen LogP) is 3.25. The highest BCUT2D eigenvalue weighted by Crippen LogP contribution is 2.19. The second kappa shape index (κ2) is 5.87. The molecule has 0 aliphatic carbocycles. The number of benzene rings is 1. The Labute approximate surface area is 111 Å². The Bertz CT molecular complexity index is 531. The lowest BCUT2D eigenvalue weighted by atomic mass is 10.1. The quantitative estimate of drug-likeness (QED) is 0.611. The van der Waals surface area contributed by atoms with E-state index in [0.29, 0.717) is 11.3 Å². The number of imidazole rings is 1. The number of hydrogen-bond acceptors (Lipinski definition) is 3. The van der Waals surface area contributed by atoms with Crippen molar-refractivity contribution >= 4 is 17.5 Å². The van der Waals surface area contributed by atoms with Gasteiger partial charge in [-0.1, -0.05) is 6.92 Å². The van der Waals surface area contributed by atoms with E-state index in [1.54, 1.807) is 24.3 Å². The fourth-order valence-corrected chi connectivity index (χ4v) is 2.44. The molecule has 0 aliphatic rings. The number of aromatic nitrogens is 2. The van der Waals surface area contributed by atoms with Crippen LogP contribution in [-0.2, 0) is 6.54 Å². The maximum atomic E-state index is 12.3. The average Bonchev–Trinajstić information content (AvgIpc) is 2.87. The Morgan fingerprint density at radius 3 is 2.61 bits per heavy atom. The summed E-state index contributed by atoms with van der Waals surface area (Å²) in [6.45, 7) is 4.87. The van der Waals surface area contributed by atoms with E-state index in [2.05, 4.69) is 11.9 Å². The standard InChI is InChI=1S/C14H16N2OS/c1-3-16-10-15-9-13(16)14(17)11-5-7-12(8-6-11)18-4-2/h5-10H,3-4H2,1-2H3. The molecule has 0 aliphatic heterocycles. The van der Waals surface area contributed by atoms with E-state index in [1.165, 1.54) is 4.90 Å². The molecule has 0 saturated carbocycles. The van der Waals surface area contributed by atoms with Gasteiger partial charge in [0.15, 0.2) is 0 Å². The molecule has 0 N–H and O–H groups in total. The van der Waals surface area contributed by atoms with Crippen LogP contribution in [-0.4, -0.2) is 21.1 Å². The molecule has 3 nitrogen and oxygen atoms in total. The molecule has 0 fully saturated rings. The topological polar surface area (TPSA) is 34.9 Å². The lowest BCUT2D eigenvalue weighted by Gasteiger charge is -2.05. The van der Waals surface area contributed by atoms with Crippen LogP contribution in [0.5, 0.6) is 0 Å². The SMILES string of the molecule is CCSc1ccc(C(=O)c2cncn2CC)cc1. The average molecular weight is 260 g/mol. The van der Waals surface area contributed by atoms with Crippen LogP contribution in [0, 0.1) is 0 Å². The number of rotatable bonds is 5. The van der Waals surface area contributed by atoms with Crippen molar-refractivity contribution in [2.45, 2.75) is 25.3 Å². The van der Waals surface area contributed by atoms with Gasteiger partial charge in [0, 0.05) is 17.0 Å². The fourth-order valence-electron chi connectivity index (χ4n) is 1.78. The van der Waals surface area contributed by atoms with E-state index < -0.39 is 0 Å². The first kappa shape index (κ1) is 12.9. The first-order chi connectivity index (χ1) is 8.76. The van der Waals surface area contributed by atoms with Gasteiger partial charge in [-0.05, 0) is 36.9 Å². The molecule has 0 bridgehead atoms. The minimum absolute atomic E-state index is 0.0300. The van der Waals surface area contributed by atoms with Gasteiger partial charge in [-0.2, -0.15) is 0 Å². The normalized spacial score (nSPS) is 10.6. The number of hydrogen-bond donors (Lipinski definition) is 0. The summed E-state index contributed by atoms with van der Waals surface area (Å²) >= 11 is 1.77. The van der Waals surface area contributed by atoms with Gasteiger partial charge in [0.1, 0.15) is 5.69 Å². The van der Waals surface area contributed by atoms with Gasteiger partial charge >= 0.3 is 0 Å². The van der Waals surface area contributed by atoms with Crippen LogP contribution in [0.1, 0.15) is 29.9 Å². The summed E-state index contributed by atoms with van der Waals surface area (Å²) in [5.41, 5.74) is 1.36. The van der Waals surface area contributed by atoms with E-state index in [0.717, 1.165) is 12.3 Å². The number of ketones is 1. The molecule has 1 aromatic carbocycles. The van der Waals surface area contributed by atoms with E-state index >= 15 is 0 Å². The smallest absolute Gasteiger partial charge is 0.211 e. The molecule has 1 heterocycles. The van der Waals surface area contributed by atoms with Crippen molar-refractivity contribution in [3.63, 3.8) is 0 Å². The van der Waals surface area contributed by atoms with Crippen LogP contribution in [0.4, 0.5) is 0 Å². The highest BCUT2D eigenvalue weighted by molar-refractivity contribution is 7.99. The van der Waals surface area contributed by atoms with Gasteiger partial charge in [0.05, 0.1) is 12.5 Å². The van der Waals surface area contributed by atoms with Crippen molar-refractivity contribution in [3.05, 3.63) is 48.0 Å². The summed E-state index contributed by atoms with van der Waals surface area (Å²) in [6.07, 6.45) is 3.31. The van der Waals surface area contributed by atoms with E-state index in [-0.39, 0.29) is 5.78 Å². The Kier molecular flexibility index (Phi) is 4.20. The molecule has 1 aromatic heterocycles. The van der Waals surface area contributed by atoms with Crippen LogP contribution in [0.15, 0.2) is 41.7 Å². The molecule has 0 spiro atoms. The molecule has 94 valence electrons. The Morgan fingerprint density at radius 2 is 2.00 bits per heavy atom. The molecule has 0 saturated heterocycles. The summed E-state index contributed by atoms with van der Waals surface area (Å²) in [5, 5.41) is 0. The maximum Gasteiger partial charge on any atom is 0.211 e. The van der Waals surface area contributed by atoms with Gasteiger partial charge in [-0.25, -0.2) is 4.98 Å². The third-order valence-corrected chi connectivity index (χ3v) is 3.61. The zero-order chi connectivity index (χ0) is 13.0. The van der Waals surface area contributed by atoms with E-state index in [1.807, 2.05) is 35.8 Å². The second-order valence-electron chi connectivity index (χ2n) is 3.85. The molecular weight excluding hydrogens is 244 g/mol. The summed E-state index contributed by atoms with van der Waals surface area (Å²) in [4.78, 5) is 17.5. The van der Waals surface area contributed by atoms with Crippen LogP contribution in [0.25, 0.3) is 0 Å². The third-order valence-electron chi connectivity index (χ3n) is 2.71. The van der Waals surface area contributed by atoms with Gasteiger partial charge in [-0.3, -0.25) is 4.79 Å². The molecule has 0 unspecified atom stereocenters. The van der Waals surface area contributed by atoms with Crippen molar-refractivity contribution in [2.24, 2.45) is 0 Å². The maximum absolute atomic E-state index is 12.3. The first-order valence-corrected chi connectivity index (χ1v) is 7.02. The highest BCUT2D eigenvalue weighted by Gasteiger charge is 2.13. The number of carbonyl (C=O) groups is 1. The summed E-state index contributed by atoms with van der Waals surface area (Å²) < 4.78 is 1.86. The molecule has 18 heavy (non-hydrogen) atoms. The first-order valence-electron chi connectivity index (χ1n) is 6.04. The largest absolute Gasteiger partial charge is 0.328 e. The molecule has 2 rings (SSSR count). The number of carbonyl (C=O) groups excluding carboxylic acids is 1. The van der Waals surface area contributed by atoms with Gasteiger partial charge in [0.25, 0.3) is 0 Å². The third kappa shape index (κ3) is 2.64. The minimum Gasteiger partial charge on any atom is -0.328 e. The molecule has 2 aromatic rings. The van der Waals surface area contributed by atoms with Crippen LogP contribution in [0.2, 0.25) is 0 Å². The van der Waals surface area contributed by atoms with Crippen molar-refractivity contribution in [1.29, 1.82) is 0 Å². The van der Waals surface area contributed by atoms with Gasteiger partial charge < -0.3 is 4.57 Å². The predicted molar refractivity (Wildman–Crippen MR) is 74.2 cm³/mol. The van der Waals surface area contributed by atoms with Crippen molar-refractivity contribution < 1.29 is 4.79 Å². The second-order valence-corrected chi connectivity index (χ2v) is 5.19. The molecule has 4 heteroatoms. The Balaban J connectivity index is 2.23. The van der Waals surface area contributed by atoms with Crippen molar-refractivity contribution in [2.75, 3.05) is 5.75 Å². The van der Waals surface area contributed by atoms with Crippen LogP contribution < -0.4 is 0 Å². The van der Waals surface area contributed by atoms with Crippen molar-refractivity contribution in [1.82, 2.24) is 9.55 Å². The lowest BCUT2D eigenvalue weighted by molar-refractivity contribution is 0.103. The number of thioether (sulfide) groups is 1. The zero-order valence-electron chi connectivity index (χ0n) is 10.6. The lowest BCUT2D eigenvalue weighted by Crippen LogP contribution is -2.08. The highest BCUT2D eigenvalue weighted by atomic mass is 32.2. The fraction of sp³-hybridized carbons (Fsp3) is 0.286. The monoisotopic (exact) mass is 260 g/mol. The zero-order valence-corrected chi connectivity index (χ0v) is 11.4. The molecular formula is C14H16N2OS.